The summed E-state index contributed by atoms with van der Waals surface area (Å²) in [7, 11) is 1.59. The summed E-state index contributed by atoms with van der Waals surface area (Å²) in [5.74, 6) is -1.83. The number of rotatable bonds is 5. The molecule has 0 radical (unpaired) electrons. The first-order chi connectivity index (χ1) is 7.99. The lowest BCUT2D eigenvalue weighted by Gasteiger charge is -2.24. The molecule has 5 heteroatoms. The molecule has 0 saturated heterocycles. The van der Waals surface area contributed by atoms with Gasteiger partial charge in [0.05, 0.1) is 5.56 Å². The van der Waals surface area contributed by atoms with E-state index in [4.69, 9.17) is 9.84 Å². The van der Waals surface area contributed by atoms with Gasteiger partial charge in [-0.3, -0.25) is 0 Å². The number of benzene rings is 1. The van der Waals surface area contributed by atoms with E-state index in [1.54, 1.807) is 37.4 Å². The lowest BCUT2D eigenvalue weighted by Crippen LogP contribution is -2.47. The number of carbonyl (C=O) groups is 2. The van der Waals surface area contributed by atoms with Crippen molar-refractivity contribution in [3.05, 3.63) is 35.9 Å². The summed E-state index contributed by atoms with van der Waals surface area (Å²) in [5.41, 5.74) is -1.24. The molecule has 0 heterocycles. The molecule has 0 fully saturated rings. The van der Waals surface area contributed by atoms with Crippen molar-refractivity contribution in [3.8, 4) is 0 Å². The summed E-state index contributed by atoms with van der Waals surface area (Å²) in [6.45, 7) is 1.40. The van der Waals surface area contributed by atoms with Gasteiger partial charge in [0.1, 0.15) is 0 Å². The molecule has 0 aliphatic rings. The quantitative estimate of drug-likeness (QED) is 0.744. The van der Waals surface area contributed by atoms with Crippen molar-refractivity contribution in [1.82, 2.24) is 5.32 Å². The second-order valence-corrected chi connectivity index (χ2v) is 3.82. The topological polar surface area (TPSA) is 75.6 Å². The zero-order valence-corrected chi connectivity index (χ0v) is 9.77. The minimum absolute atomic E-state index is 0.0426. The molecule has 0 saturated carbocycles. The zero-order valence-electron chi connectivity index (χ0n) is 9.77. The first-order valence-corrected chi connectivity index (χ1v) is 5.16. The van der Waals surface area contributed by atoms with Crippen LogP contribution in [-0.4, -0.2) is 36.2 Å². The third-order valence-electron chi connectivity index (χ3n) is 2.29. The molecular weight excluding hydrogens is 222 g/mol. The predicted octanol–water partition coefficient (Wildman–Crippen LogP) is 0.906. The molecule has 17 heavy (non-hydrogen) atoms. The lowest BCUT2D eigenvalue weighted by atomic mass is 10.1. The smallest absolute Gasteiger partial charge is 0.349 e. The third-order valence-corrected chi connectivity index (χ3v) is 2.29. The fourth-order valence-corrected chi connectivity index (χ4v) is 1.33. The molecule has 1 aromatic carbocycles. The van der Waals surface area contributed by atoms with E-state index in [0.29, 0.717) is 5.56 Å². The van der Waals surface area contributed by atoms with Crippen LogP contribution in [0.4, 0.5) is 0 Å². The number of carboxylic acid groups (broad SMARTS) is 1. The van der Waals surface area contributed by atoms with Gasteiger partial charge in [0.15, 0.2) is 0 Å². The Hall–Kier alpha value is -1.88. The first-order valence-electron chi connectivity index (χ1n) is 5.16. The molecule has 1 aromatic rings. The van der Waals surface area contributed by atoms with Crippen molar-refractivity contribution >= 4 is 11.9 Å². The molecular formula is C12H15NO4. The van der Waals surface area contributed by atoms with Crippen molar-refractivity contribution in [1.29, 1.82) is 0 Å². The Bertz CT molecular complexity index is 404. The van der Waals surface area contributed by atoms with Crippen LogP contribution < -0.4 is 5.32 Å². The summed E-state index contributed by atoms with van der Waals surface area (Å²) in [4.78, 5) is 22.8. The number of hydrogen-bond donors (Lipinski definition) is 2. The number of carboxylic acids is 1. The highest BCUT2D eigenvalue weighted by atomic mass is 16.6. The minimum Gasteiger partial charge on any atom is -0.478 e. The van der Waals surface area contributed by atoms with Crippen molar-refractivity contribution in [2.75, 3.05) is 13.6 Å². The van der Waals surface area contributed by atoms with Crippen molar-refractivity contribution < 1.29 is 19.4 Å². The van der Waals surface area contributed by atoms with Gasteiger partial charge < -0.3 is 15.2 Å². The molecule has 0 aliphatic carbocycles. The van der Waals surface area contributed by atoms with Crippen LogP contribution in [0.25, 0.3) is 0 Å². The summed E-state index contributed by atoms with van der Waals surface area (Å²) in [6.07, 6.45) is 0. The van der Waals surface area contributed by atoms with Crippen LogP contribution in [0.5, 0.6) is 0 Å². The van der Waals surface area contributed by atoms with Crippen molar-refractivity contribution in [3.63, 3.8) is 0 Å². The Kier molecular flexibility index (Phi) is 4.23. The average molecular weight is 237 g/mol. The van der Waals surface area contributed by atoms with Gasteiger partial charge in [-0.05, 0) is 26.1 Å². The van der Waals surface area contributed by atoms with Crippen molar-refractivity contribution in [2.24, 2.45) is 0 Å². The molecule has 0 aromatic heterocycles. The highest BCUT2D eigenvalue weighted by Crippen LogP contribution is 2.13. The van der Waals surface area contributed by atoms with E-state index in [-0.39, 0.29) is 6.54 Å². The summed E-state index contributed by atoms with van der Waals surface area (Å²) in [6, 6.07) is 8.29. The first kappa shape index (κ1) is 13.2. The maximum atomic E-state index is 11.7. The van der Waals surface area contributed by atoms with Gasteiger partial charge in [0.2, 0.25) is 5.60 Å². The van der Waals surface area contributed by atoms with Gasteiger partial charge in [0.25, 0.3) is 0 Å². The van der Waals surface area contributed by atoms with Crippen LogP contribution in [0.2, 0.25) is 0 Å². The van der Waals surface area contributed by atoms with Gasteiger partial charge in [-0.2, -0.15) is 0 Å². The summed E-state index contributed by atoms with van der Waals surface area (Å²) < 4.78 is 5.02. The molecule has 92 valence electrons. The lowest BCUT2D eigenvalue weighted by molar-refractivity contribution is -0.156. The molecule has 1 rings (SSSR count). The molecule has 0 aliphatic heterocycles. The molecule has 5 nitrogen and oxygen atoms in total. The Morgan fingerprint density at radius 2 is 1.94 bits per heavy atom. The number of nitrogens with one attached hydrogen (secondary N) is 1. The van der Waals surface area contributed by atoms with Gasteiger partial charge in [0, 0.05) is 6.54 Å². The monoisotopic (exact) mass is 237 g/mol. The normalized spacial score (nSPS) is 13.8. The zero-order chi connectivity index (χ0) is 12.9. The molecule has 0 bridgehead atoms. The number of aliphatic carboxylic acids is 1. The van der Waals surface area contributed by atoms with Gasteiger partial charge in [-0.1, -0.05) is 18.2 Å². The highest BCUT2D eigenvalue weighted by molar-refractivity contribution is 5.92. The maximum absolute atomic E-state index is 11.7. The second kappa shape index (κ2) is 5.45. The van der Waals surface area contributed by atoms with Crippen molar-refractivity contribution in [2.45, 2.75) is 12.5 Å². The minimum atomic E-state index is -1.57. The standard InChI is InChI=1S/C12H15NO4/c1-12(8-13-2,11(15)16)17-10(14)9-6-4-3-5-7-9/h3-7,13H,8H2,1-2H3,(H,15,16). The summed E-state index contributed by atoms with van der Waals surface area (Å²) >= 11 is 0. The number of hydrogen-bond acceptors (Lipinski definition) is 4. The Morgan fingerprint density at radius 3 is 2.41 bits per heavy atom. The molecule has 0 spiro atoms. The fourth-order valence-electron chi connectivity index (χ4n) is 1.33. The van der Waals surface area contributed by atoms with E-state index < -0.39 is 17.5 Å². The molecule has 0 amide bonds. The number of ether oxygens (including phenoxy) is 1. The number of carbonyl (C=O) groups excluding carboxylic acids is 1. The maximum Gasteiger partial charge on any atom is 0.349 e. The van der Waals surface area contributed by atoms with Gasteiger partial charge in [-0.25, -0.2) is 9.59 Å². The van der Waals surface area contributed by atoms with Crippen LogP contribution in [0.15, 0.2) is 30.3 Å². The van der Waals surface area contributed by atoms with Crippen LogP contribution in [-0.2, 0) is 9.53 Å². The Balaban J connectivity index is 2.82. The number of likely N-dealkylation sites (N-methyl/N-ethyl adjacent to an activating group) is 1. The highest BCUT2D eigenvalue weighted by Gasteiger charge is 2.37. The van der Waals surface area contributed by atoms with Crippen LogP contribution in [0.3, 0.4) is 0 Å². The van der Waals surface area contributed by atoms with E-state index >= 15 is 0 Å². The predicted molar refractivity (Wildman–Crippen MR) is 61.8 cm³/mol. The number of esters is 1. The Labute approximate surface area is 99.4 Å². The third kappa shape index (κ3) is 3.29. The van der Waals surface area contributed by atoms with Gasteiger partial charge >= 0.3 is 11.9 Å². The van der Waals surface area contributed by atoms with Crippen LogP contribution >= 0.6 is 0 Å². The van der Waals surface area contributed by atoms with E-state index in [1.807, 2.05) is 0 Å². The van der Waals surface area contributed by atoms with Crippen LogP contribution in [0.1, 0.15) is 17.3 Å². The SMILES string of the molecule is CNCC(C)(OC(=O)c1ccccc1)C(=O)O. The molecule has 1 unspecified atom stereocenters. The molecule has 2 N–H and O–H groups in total. The largest absolute Gasteiger partial charge is 0.478 e. The fraction of sp³-hybridized carbons (Fsp3) is 0.333. The van der Waals surface area contributed by atoms with E-state index in [1.165, 1.54) is 6.92 Å². The second-order valence-electron chi connectivity index (χ2n) is 3.82. The average Bonchev–Trinajstić information content (AvgIpc) is 2.30. The molecule has 1 atom stereocenters. The Morgan fingerprint density at radius 1 is 1.35 bits per heavy atom. The van der Waals surface area contributed by atoms with Crippen LogP contribution in [0, 0.1) is 0 Å². The van der Waals surface area contributed by atoms with E-state index in [0.717, 1.165) is 0 Å². The van der Waals surface area contributed by atoms with E-state index in [2.05, 4.69) is 5.32 Å². The van der Waals surface area contributed by atoms with E-state index in [9.17, 15) is 9.59 Å². The van der Waals surface area contributed by atoms with Gasteiger partial charge in [-0.15, -0.1) is 0 Å². The summed E-state index contributed by atoms with van der Waals surface area (Å²) in [5, 5.41) is 11.7.